The highest BCUT2D eigenvalue weighted by Crippen LogP contribution is 2.46. The summed E-state index contributed by atoms with van der Waals surface area (Å²) in [4.78, 5) is 49.4. The van der Waals surface area contributed by atoms with E-state index < -0.39 is 41.0 Å². The number of aliphatic hydroxyl groups excluding tert-OH is 1. The summed E-state index contributed by atoms with van der Waals surface area (Å²) in [5.74, 6) is -3.46. The van der Waals surface area contributed by atoms with E-state index >= 15 is 0 Å². The molecule has 3 N–H and O–H groups in total. The van der Waals surface area contributed by atoms with Crippen molar-refractivity contribution in [2.45, 2.75) is 24.1 Å². The molecule has 0 aromatic heterocycles. The zero-order valence-corrected chi connectivity index (χ0v) is 17.0. The third-order valence-corrected chi connectivity index (χ3v) is 6.13. The Bertz CT molecular complexity index is 918. The second-order valence-electron chi connectivity index (χ2n) is 6.62. The molecule has 0 bridgehead atoms. The van der Waals surface area contributed by atoms with Crippen LogP contribution >= 0.6 is 11.8 Å². The summed E-state index contributed by atoms with van der Waals surface area (Å²) in [5.41, 5.74) is -1.55. The van der Waals surface area contributed by atoms with Crippen LogP contribution in [0.4, 0.5) is 0 Å². The average Bonchev–Trinajstić information content (AvgIpc) is 2.74. The number of nitrogens with zero attached hydrogens (tertiary/aromatic N) is 1. The van der Waals surface area contributed by atoms with Crippen LogP contribution in [0.3, 0.4) is 0 Å². The second kappa shape index (κ2) is 8.46. The third-order valence-electron chi connectivity index (χ3n) is 4.76. The zero-order chi connectivity index (χ0) is 22.1. The van der Waals surface area contributed by atoms with Crippen LogP contribution < -0.4 is 5.32 Å². The molecule has 2 aliphatic heterocycles. The van der Waals surface area contributed by atoms with E-state index in [4.69, 9.17) is 9.47 Å². The van der Waals surface area contributed by atoms with Crippen molar-refractivity contribution in [1.29, 1.82) is 0 Å². The number of hydrogen-bond acceptors (Lipinski definition) is 8. The number of fused-ring (bicyclic) bond motifs is 1. The number of esters is 1. The molecular formula is C19H20N2O8S. The van der Waals surface area contributed by atoms with Crippen LogP contribution in [-0.2, 0) is 28.7 Å². The third kappa shape index (κ3) is 3.66. The minimum Gasteiger partial charge on any atom is -0.477 e. The largest absolute Gasteiger partial charge is 0.477 e. The number of carboxylic acids is 1. The second-order valence-corrected chi connectivity index (χ2v) is 7.69. The molecule has 0 aliphatic carbocycles. The molecule has 0 radical (unpaired) electrons. The zero-order valence-electron chi connectivity index (χ0n) is 16.2. The summed E-state index contributed by atoms with van der Waals surface area (Å²) in [6.07, 6.45) is -1.54. The minimum absolute atomic E-state index is 0.144. The van der Waals surface area contributed by atoms with Crippen LogP contribution in [0.1, 0.15) is 18.6 Å². The van der Waals surface area contributed by atoms with Crippen LogP contribution in [0.2, 0.25) is 0 Å². The Hall–Kier alpha value is -2.89. The van der Waals surface area contributed by atoms with Crippen LogP contribution in [0.5, 0.6) is 0 Å². The van der Waals surface area contributed by atoms with Crippen molar-refractivity contribution in [3.63, 3.8) is 0 Å². The molecule has 0 spiro atoms. The highest BCUT2D eigenvalue weighted by molar-refractivity contribution is 8.00. The van der Waals surface area contributed by atoms with Crippen LogP contribution in [0, 0.1) is 0 Å². The lowest BCUT2D eigenvalue weighted by Gasteiger charge is -2.55. The molecule has 1 aromatic rings. The summed E-state index contributed by atoms with van der Waals surface area (Å²) in [6.45, 7) is 0.928. The number of β-lactam (4-membered cyclic amide) rings is 1. The molecule has 2 unspecified atom stereocenters. The van der Waals surface area contributed by atoms with Crippen molar-refractivity contribution in [1.82, 2.24) is 10.2 Å². The summed E-state index contributed by atoms with van der Waals surface area (Å²) in [6, 6.07) is 8.14. The maximum Gasteiger partial charge on any atom is 0.352 e. The predicted molar refractivity (Wildman–Crippen MR) is 104 cm³/mol. The summed E-state index contributed by atoms with van der Waals surface area (Å²) >= 11 is 1.15. The first-order valence-electron chi connectivity index (χ1n) is 8.87. The smallest absolute Gasteiger partial charge is 0.352 e. The van der Waals surface area contributed by atoms with Gasteiger partial charge in [-0.3, -0.25) is 19.3 Å². The Balaban J connectivity index is 1.84. The van der Waals surface area contributed by atoms with Gasteiger partial charge in [-0.05, 0) is 5.56 Å². The number of rotatable bonds is 7. The maximum absolute atomic E-state index is 12.9. The van der Waals surface area contributed by atoms with E-state index in [1.165, 1.54) is 14.0 Å². The molecule has 0 saturated carbocycles. The monoisotopic (exact) mass is 436 g/mol. The predicted octanol–water partition coefficient (Wildman–Crippen LogP) is -0.00420. The number of aliphatic hydroxyl groups is 1. The van der Waals surface area contributed by atoms with E-state index in [1.54, 1.807) is 30.3 Å². The fourth-order valence-corrected chi connectivity index (χ4v) is 4.70. The number of carbonyl (C=O) groups excluding carboxylic acids is 3. The molecular weight excluding hydrogens is 416 g/mol. The summed E-state index contributed by atoms with van der Waals surface area (Å²) in [7, 11) is 1.21. The van der Waals surface area contributed by atoms with Gasteiger partial charge in [-0.1, -0.05) is 30.3 Å². The molecule has 160 valence electrons. The summed E-state index contributed by atoms with van der Waals surface area (Å²) < 4.78 is 10.2. The Morgan fingerprint density at radius 3 is 2.57 bits per heavy atom. The standard InChI is InChI=1S/C19H20N2O8S/c1-10(22)29-8-12-9-30-18-19(28-2,17(27)21(18)13(12)16(25)26)20-15(24)14(23)11-6-4-3-5-7-11/h3-7,14,18,23H,8-9H2,1-2H3,(H,20,24)(H,25,26)/t14?,18-,19?/m0/s1. The van der Waals surface area contributed by atoms with Crippen LogP contribution in [0.25, 0.3) is 0 Å². The number of amides is 2. The first-order valence-corrected chi connectivity index (χ1v) is 9.92. The molecule has 3 atom stereocenters. The highest BCUT2D eigenvalue weighted by Gasteiger charge is 2.66. The van der Waals surface area contributed by atoms with Gasteiger partial charge >= 0.3 is 11.9 Å². The van der Waals surface area contributed by atoms with E-state index in [1.807, 2.05) is 0 Å². The number of aliphatic carboxylic acids is 1. The number of hydrogen-bond donors (Lipinski definition) is 3. The van der Waals surface area contributed by atoms with Gasteiger partial charge in [0.05, 0.1) is 0 Å². The molecule has 2 heterocycles. The Morgan fingerprint density at radius 2 is 2.00 bits per heavy atom. The normalized spacial score (nSPS) is 23.9. The lowest BCUT2D eigenvalue weighted by molar-refractivity contribution is -0.194. The van der Waals surface area contributed by atoms with Gasteiger partial charge in [-0.25, -0.2) is 4.79 Å². The molecule has 3 rings (SSSR count). The highest BCUT2D eigenvalue weighted by atomic mass is 32.2. The molecule has 30 heavy (non-hydrogen) atoms. The summed E-state index contributed by atoms with van der Waals surface area (Å²) in [5, 5.41) is 21.5. The van der Waals surface area contributed by atoms with Crippen molar-refractivity contribution >= 4 is 35.5 Å². The molecule has 2 amide bonds. The minimum atomic E-state index is -1.83. The molecule has 1 fully saturated rings. The van der Waals surface area contributed by atoms with E-state index in [2.05, 4.69) is 5.32 Å². The van der Waals surface area contributed by atoms with Crippen molar-refractivity contribution in [2.75, 3.05) is 19.5 Å². The lowest BCUT2D eigenvalue weighted by Crippen LogP contribution is -2.81. The van der Waals surface area contributed by atoms with E-state index in [9.17, 15) is 29.4 Å². The van der Waals surface area contributed by atoms with Gasteiger partial charge in [0.15, 0.2) is 6.10 Å². The molecule has 11 heteroatoms. The number of thioether (sulfide) groups is 1. The van der Waals surface area contributed by atoms with E-state index in [0.717, 1.165) is 16.7 Å². The number of benzene rings is 1. The van der Waals surface area contributed by atoms with Crippen molar-refractivity contribution < 1.29 is 38.9 Å². The fraction of sp³-hybridized carbons (Fsp3) is 0.368. The topological polar surface area (TPSA) is 142 Å². The van der Waals surface area contributed by atoms with E-state index in [0.29, 0.717) is 5.56 Å². The van der Waals surface area contributed by atoms with Gasteiger partial charge < -0.3 is 25.0 Å². The van der Waals surface area contributed by atoms with Crippen molar-refractivity contribution in [2.24, 2.45) is 0 Å². The fourth-order valence-electron chi connectivity index (χ4n) is 3.28. The number of ether oxygens (including phenoxy) is 2. The van der Waals surface area contributed by atoms with Crippen LogP contribution in [-0.4, -0.2) is 69.4 Å². The molecule has 1 aromatic carbocycles. The van der Waals surface area contributed by atoms with Gasteiger partial charge in [0, 0.05) is 25.4 Å². The van der Waals surface area contributed by atoms with Gasteiger partial charge in [-0.2, -0.15) is 0 Å². The van der Waals surface area contributed by atoms with Gasteiger partial charge in [-0.15, -0.1) is 11.8 Å². The van der Waals surface area contributed by atoms with Gasteiger partial charge in [0.2, 0.25) is 0 Å². The number of carbonyl (C=O) groups is 4. The van der Waals surface area contributed by atoms with Crippen LogP contribution in [0.15, 0.2) is 41.6 Å². The average molecular weight is 436 g/mol. The van der Waals surface area contributed by atoms with Crippen molar-refractivity contribution in [3.05, 3.63) is 47.2 Å². The number of methoxy groups -OCH3 is 1. The van der Waals surface area contributed by atoms with Crippen molar-refractivity contribution in [3.8, 4) is 0 Å². The SMILES string of the molecule is COC1(NC(=O)C(O)c2ccccc2)C(=O)N2C(C(=O)O)=C(COC(C)=O)CS[C@H]21. The number of nitrogens with one attached hydrogen (secondary N) is 1. The molecule has 10 nitrogen and oxygen atoms in total. The number of carboxylic acid groups (broad SMARTS) is 1. The van der Waals surface area contributed by atoms with E-state index in [-0.39, 0.29) is 23.6 Å². The maximum atomic E-state index is 12.9. The lowest BCUT2D eigenvalue weighted by atomic mass is 9.97. The Kier molecular flexibility index (Phi) is 6.15. The Labute approximate surface area is 175 Å². The Morgan fingerprint density at radius 1 is 1.33 bits per heavy atom. The van der Waals surface area contributed by atoms with Gasteiger partial charge in [0.25, 0.3) is 17.5 Å². The molecule has 1 saturated heterocycles. The molecule has 2 aliphatic rings. The van der Waals surface area contributed by atoms with Gasteiger partial charge in [0.1, 0.15) is 17.7 Å². The quantitative estimate of drug-likeness (QED) is 0.306. The first kappa shape index (κ1) is 21.8. The first-order chi connectivity index (χ1) is 14.2.